The number of amides is 3. The number of piperidine rings is 2. The van der Waals surface area contributed by atoms with E-state index in [1.807, 2.05) is 6.07 Å². The molecule has 2 fully saturated rings. The van der Waals surface area contributed by atoms with Crippen LogP contribution in [-0.2, 0) is 22.3 Å². The summed E-state index contributed by atoms with van der Waals surface area (Å²) in [5.74, 6) is 5.56. The molecule has 0 aliphatic carbocycles. The first-order valence-corrected chi connectivity index (χ1v) is 13.1. The smallest absolute Gasteiger partial charge is 0.356 e. The molecule has 0 spiro atoms. The number of halogens is 4. The third-order valence-corrected chi connectivity index (χ3v) is 7.63. The highest BCUT2D eigenvalue weighted by Gasteiger charge is 2.39. The van der Waals surface area contributed by atoms with Crippen molar-refractivity contribution >= 4 is 39.5 Å². The Morgan fingerprint density at radius 3 is 2.58 bits per heavy atom. The molecule has 1 atom stereocenters. The molecular formula is C27H24BrF3N4O3. The minimum atomic E-state index is -4.48. The van der Waals surface area contributed by atoms with Crippen molar-refractivity contribution < 1.29 is 27.6 Å². The van der Waals surface area contributed by atoms with E-state index in [1.165, 1.54) is 11.1 Å². The van der Waals surface area contributed by atoms with Crippen molar-refractivity contribution in [3.63, 3.8) is 0 Å². The molecule has 11 heteroatoms. The van der Waals surface area contributed by atoms with Gasteiger partial charge < -0.3 is 9.80 Å². The van der Waals surface area contributed by atoms with Crippen LogP contribution in [0.15, 0.2) is 34.9 Å². The fourth-order valence-electron chi connectivity index (χ4n) is 5.19. The first-order chi connectivity index (χ1) is 18.1. The molecule has 1 aromatic heterocycles. The van der Waals surface area contributed by atoms with Crippen LogP contribution >= 0.6 is 15.9 Å². The highest BCUT2D eigenvalue weighted by Crippen LogP contribution is 2.38. The number of hydrogen-bond donors (Lipinski definition) is 1. The predicted molar refractivity (Wildman–Crippen MR) is 136 cm³/mol. The fraction of sp³-hybridized carbons (Fsp3) is 0.407. The maximum Gasteiger partial charge on any atom is 0.419 e. The molecule has 1 unspecified atom stereocenters. The van der Waals surface area contributed by atoms with Gasteiger partial charge in [-0.05, 0) is 70.9 Å². The van der Waals surface area contributed by atoms with Crippen molar-refractivity contribution in [2.45, 2.75) is 50.9 Å². The van der Waals surface area contributed by atoms with Gasteiger partial charge in [0.15, 0.2) is 0 Å². The lowest BCUT2D eigenvalue weighted by molar-refractivity contribution is -0.138. The van der Waals surface area contributed by atoms with Gasteiger partial charge in [-0.25, -0.2) is 4.98 Å². The monoisotopic (exact) mass is 588 g/mol. The summed E-state index contributed by atoms with van der Waals surface area (Å²) in [5, 5.41) is 2.29. The molecule has 3 aliphatic heterocycles. The number of carbonyl (C=O) groups is 3. The van der Waals surface area contributed by atoms with E-state index in [0.29, 0.717) is 55.4 Å². The third kappa shape index (κ3) is 5.41. The van der Waals surface area contributed by atoms with Gasteiger partial charge in [0.1, 0.15) is 11.9 Å². The summed E-state index contributed by atoms with van der Waals surface area (Å²) in [6, 6.07) is 5.75. The number of nitrogens with zero attached hydrogens (tertiary/aromatic N) is 3. The number of benzene rings is 1. The van der Waals surface area contributed by atoms with Crippen molar-refractivity contribution in [1.82, 2.24) is 15.2 Å². The van der Waals surface area contributed by atoms with Crippen LogP contribution in [0.5, 0.6) is 0 Å². The SMILES string of the molecule is O=C1CCC(N2Cc3cc(C#CCC4CCN(c5ncc(Br)cc5C(F)(F)F)CC4)ccc3C2=O)C(=O)N1. The lowest BCUT2D eigenvalue weighted by atomic mass is 9.93. The van der Waals surface area contributed by atoms with E-state index in [2.05, 4.69) is 38.1 Å². The van der Waals surface area contributed by atoms with Crippen LogP contribution < -0.4 is 10.2 Å². The predicted octanol–water partition coefficient (Wildman–Crippen LogP) is 4.28. The lowest BCUT2D eigenvalue weighted by Crippen LogP contribution is -2.52. The molecule has 5 rings (SSSR count). The molecule has 7 nitrogen and oxygen atoms in total. The second-order valence-corrected chi connectivity index (χ2v) is 10.6. The number of fused-ring (bicyclic) bond motifs is 1. The van der Waals surface area contributed by atoms with Crippen molar-refractivity contribution in [1.29, 1.82) is 0 Å². The van der Waals surface area contributed by atoms with Gasteiger partial charge >= 0.3 is 6.18 Å². The van der Waals surface area contributed by atoms with Gasteiger partial charge in [0, 0.05) is 54.3 Å². The molecule has 38 heavy (non-hydrogen) atoms. The zero-order valence-corrected chi connectivity index (χ0v) is 21.9. The van der Waals surface area contributed by atoms with E-state index < -0.39 is 23.7 Å². The van der Waals surface area contributed by atoms with Crippen molar-refractivity contribution in [2.75, 3.05) is 18.0 Å². The average molecular weight is 589 g/mol. The number of aromatic nitrogens is 1. The van der Waals surface area contributed by atoms with Gasteiger partial charge in [-0.15, -0.1) is 0 Å². The first kappa shape index (κ1) is 26.2. The molecule has 2 saturated heterocycles. The molecule has 0 radical (unpaired) electrons. The molecule has 2 aromatic rings. The van der Waals surface area contributed by atoms with Gasteiger partial charge in [0.25, 0.3) is 5.91 Å². The number of pyridine rings is 1. The highest BCUT2D eigenvalue weighted by molar-refractivity contribution is 9.10. The second-order valence-electron chi connectivity index (χ2n) is 9.73. The summed E-state index contributed by atoms with van der Waals surface area (Å²) in [5.41, 5.74) is 1.35. The number of imide groups is 1. The fourth-order valence-corrected chi connectivity index (χ4v) is 5.52. The molecule has 1 aromatic carbocycles. The summed E-state index contributed by atoms with van der Waals surface area (Å²) in [7, 11) is 0. The first-order valence-electron chi connectivity index (χ1n) is 12.3. The van der Waals surface area contributed by atoms with Crippen LogP contribution in [0.4, 0.5) is 19.0 Å². The van der Waals surface area contributed by atoms with Gasteiger partial charge in [-0.2, -0.15) is 13.2 Å². The number of rotatable bonds is 3. The minimum Gasteiger partial charge on any atom is -0.356 e. The van der Waals surface area contributed by atoms with Crippen LogP contribution in [-0.4, -0.2) is 46.7 Å². The molecule has 0 bridgehead atoms. The topological polar surface area (TPSA) is 82.6 Å². The van der Waals surface area contributed by atoms with E-state index in [9.17, 15) is 27.6 Å². The quantitative estimate of drug-likeness (QED) is 0.427. The Labute approximate surface area is 225 Å². The normalized spacial score (nSPS) is 20.2. The van der Waals surface area contributed by atoms with E-state index in [0.717, 1.165) is 17.2 Å². The Morgan fingerprint density at radius 1 is 1.11 bits per heavy atom. The number of anilines is 1. The van der Waals surface area contributed by atoms with Crippen LogP contribution in [0.25, 0.3) is 0 Å². The van der Waals surface area contributed by atoms with Crippen LogP contribution in [0, 0.1) is 17.8 Å². The summed E-state index contributed by atoms with van der Waals surface area (Å²) >= 11 is 3.07. The van der Waals surface area contributed by atoms with Crippen LogP contribution in [0.2, 0.25) is 0 Å². The number of alkyl halides is 3. The lowest BCUT2D eigenvalue weighted by Gasteiger charge is -2.33. The molecule has 0 saturated carbocycles. The maximum atomic E-state index is 13.5. The number of carbonyl (C=O) groups excluding carboxylic acids is 3. The minimum absolute atomic E-state index is 0.0377. The van der Waals surface area contributed by atoms with E-state index in [4.69, 9.17) is 0 Å². The highest BCUT2D eigenvalue weighted by atomic mass is 79.9. The summed E-state index contributed by atoms with van der Waals surface area (Å²) in [6.07, 6.45) is -0.538. The number of nitrogens with one attached hydrogen (secondary N) is 1. The maximum absolute atomic E-state index is 13.5. The Morgan fingerprint density at radius 2 is 1.87 bits per heavy atom. The molecule has 4 heterocycles. The van der Waals surface area contributed by atoms with Crippen molar-refractivity contribution in [3.8, 4) is 11.8 Å². The Balaban J connectivity index is 1.18. The van der Waals surface area contributed by atoms with Crippen LogP contribution in [0.3, 0.4) is 0 Å². The van der Waals surface area contributed by atoms with Gasteiger partial charge in [-0.1, -0.05) is 11.8 Å². The molecule has 1 N–H and O–H groups in total. The summed E-state index contributed by atoms with van der Waals surface area (Å²) < 4.78 is 40.7. The van der Waals surface area contributed by atoms with Crippen molar-refractivity contribution in [3.05, 3.63) is 57.2 Å². The molecule has 198 valence electrons. The van der Waals surface area contributed by atoms with Crippen LogP contribution in [0.1, 0.15) is 59.2 Å². The number of hydrogen-bond acceptors (Lipinski definition) is 5. The van der Waals surface area contributed by atoms with Gasteiger partial charge in [0.2, 0.25) is 11.8 Å². The Kier molecular flexibility index (Phi) is 7.18. The Hall–Kier alpha value is -3.39. The zero-order valence-electron chi connectivity index (χ0n) is 20.3. The van der Waals surface area contributed by atoms with Crippen molar-refractivity contribution in [2.24, 2.45) is 5.92 Å². The van der Waals surface area contributed by atoms with E-state index in [-0.39, 0.29) is 30.0 Å². The molecule has 3 aliphatic rings. The molecular weight excluding hydrogens is 565 g/mol. The summed E-state index contributed by atoms with van der Waals surface area (Å²) in [6.45, 7) is 1.24. The van der Waals surface area contributed by atoms with Gasteiger partial charge in [-0.3, -0.25) is 19.7 Å². The Bertz CT molecular complexity index is 1360. The third-order valence-electron chi connectivity index (χ3n) is 7.20. The summed E-state index contributed by atoms with van der Waals surface area (Å²) in [4.78, 5) is 43.7. The average Bonchev–Trinajstić information content (AvgIpc) is 3.19. The zero-order chi connectivity index (χ0) is 27.0. The van der Waals surface area contributed by atoms with E-state index >= 15 is 0 Å². The second kappa shape index (κ2) is 10.4. The standard InChI is InChI=1S/C27H24BrF3N4O3/c28-19-13-21(27(29,30)31)24(32-14-19)34-10-8-16(9-11-34)2-1-3-17-4-5-20-18(12-17)15-35(26(20)38)22-6-7-23(36)33-25(22)37/h4-5,12-14,16,22H,2,6-11,15H2,(H,33,36,37). The van der Waals surface area contributed by atoms with E-state index in [1.54, 1.807) is 17.0 Å². The molecule has 3 amide bonds. The van der Waals surface area contributed by atoms with Gasteiger partial charge in [0.05, 0.1) is 5.56 Å². The largest absolute Gasteiger partial charge is 0.419 e.